The molecule has 0 heterocycles. The van der Waals surface area contributed by atoms with E-state index in [1.165, 1.54) is 19.2 Å². The van der Waals surface area contributed by atoms with Crippen molar-refractivity contribution in [2.45, 2.75) is 6.43 Å². The van der Waals surface area contributed by atoms with Gasteiger partial charge in [0.05, 0.1) is 5.56 Å². The van der Waals surface area contributed by atoms with Crippen molar-refractivity contribution >= 4 is 0 Å². The number of hydrogen-bond acceptors (Lipinski definition) is 1. The molecule has 1 aromatic carbocycles. The topological polar surface area (TPSA) is 26.0 Å². The van der Waals surface area contributed by atoms with Crippen molar-refractivity contribution in [1.82, 2.24) is 0 Å². The highest BCUT2D eigenvalue weighted by atomic mass is 19.3. The average molecular weight is 177 g/mol. The van der Waals surface area contributed by atoms with Crippen molar-refractivity contribution in [2.24, 2.45) is 5.73 Å². The fourth-order valence-electron chi connectivity index (χ4n) is 0.652. The summed E-state index contributed by atoms with van der Waals surface area (Å²) in [5.74, 6) is -0.850. The summed E-state index contributed by atoms with van der Waals surface area (Å²) in [6, 6.07) is 4.84. The highest BCUT2D eigenvalue weighted by molar-refractivity contribution is 5.17. The lowest BCUT2D eigenvalue weighted by Gasteiger charge is -1.98. The van der Waals surface area contributed by atoms with Gasteiger partial charge in [-0.3, -0.25) is 0 Å². The van der Waals surface area contributed by atoms with Crippen LogP contribution in [0.15, 0.2) is 24.3 Å². The molecule has 0 amide bonds. The highest BCUT2D eigenvalue weighted by Crippen LogP contribution is 2.20. The maximum Gasteiger partial charge on any atom is 0.266 e. The van der Waals surface area contributed by atoms with Crippen molar-refractivity contribution in [3.63, 3.8) is 0 Å². The Morgan fingerprint density at radius 3 is 2.00 bits per heavy atom. The van der Waals surface area contributed by atoms with Crippen LogP contribution in [0.3, 0.4) is 0 Å². The second-order valence-electron chi connectivity index (χ2n) is 1.82. The number of rotatable bonds is 1. The molecule has 1 nitrogen and oxygen atoms in total. The summed E-state index contributed by atoms with van der Waals surface area (Å²) < 4.78 is 35.9. The van der Waals surface area contributed by atoms with Gasteiger partial charge in [-0.05, 0) is 13.1 Å². The van der Waals surface area contributed by atoms with E-state index in [4.69, 9.17) is 0 Å². The molecule has 0 saturated carbocycles. The first-order chi connectivity index (χ1) is 5.72. The fourth-order valence-corrected chi connectivity index (χ4v) is 0.652. The van der Waals surface area contributed by atoms with Crippen LogP contribution in [-0.4, -0.2) is 7.05 Å². The molecule has 68 valence electrons. The number of halogens is 3. The summed E-state index contributed by atoms with van der Waals surface area (Å²) in [6.07, 6.45) is -2.72. The van der Waals surface area contributed by atoms with Crippen molar-refractivity contribution in [2.75, 3.05) is 7.05 Å². The summed E-state index contributed by atoms with van der Waals surface area (Å²) in [6.45, 7) is 0. The van der Waals surface area contributed by atoms with Gasteiger partial charge in [-0.2, -0.15) is 0 Å². The predicted octanol–water partition coefficient (Wildman–Crippen LogP) is 2.34. The zero-order valence-corrected chi connectivity index (χ0v) is 6.60. The SMILES string of the molecule is CN.Fc1ccccc1C(F)F. The smallest absolute Gasteiger partial charge is 0.266 e. The monoisotopic (exact) mass is 177 g/mol. The highest BCUT2D eigenvalue weighted by Gasteiger charge is 2.10. The van der Waals surface area contributed by atoms with Crippen LogP contribution >= 0.6 is 0 Å². The van der Waals surface area contributed by atoms with E-state index in [2.05, 4.69) is 5.73 Å². The van der Waals surface area contributed by atoms with Crippen LogP contribution in [0.25, 0.3) is 0 Å². The van der Waals surface area contributed by atoms with Gasteiger partial charge in [0.1, 0.15) is 5.82 Å². The molecule has 0 aliphatic heterocycles. The third kappa shape index (κ3) is 2.92. The largest absolute Gasteiger partial charge is 0.333 e. The molecule has 0 saturated heterocycles. The first-order valence-electron chi connectivity index (χ1n) is 3.32. The fraction of sp³-hybridized carbons (Fsp3) is 0.250. The van der Waals surface area contributed by atoms with E-state index in [1.54, 1.807) is 0 Å². The van der Waals surface area contributed by atoms with E-state index in [-0.39, 0.29) is 0 Å². The summed E-state index contributed by atoms with van der Waals surface area (Å²) in [5, 5.41) is 0. The standard InChI is InChI=1S/C7H5F3.CH5N/c8-6-4-2-1-3-5(6)7(9)10;1-2/h1-4,7H;2H2,1H3. The van der Waals surface area contributed by atoms with Crippen molar-refractivity contribution in [1.29, 1.82) is 0 Å². The number of alkyl halides is 2. The van der Waals surface area contributed by atoms with Crippen molar-refractivity contribution < 1.29 is 13.2 Å². The van der Waals surface area contributed by atoms with Crippen LogP contribution in [0.5, 0.6) is 0 Å². The van der Waals surface area contributed by atoms with Crippen LogP contribution in [0.1, 0.15) is 12.0 Å². The van der Waals surface area contributed by atoms with Gasteiger partial charge in [0.25, 0.3) is 6.43 Å². The van der Waals surface area contributed by atoms with Crippen LogP contribution < -0.4 is 5.73 Å². The van der Waals surface area contributed by atoms with Gasteiger partial charge in [-0.25, -0.2) is 13.2 Å². The number of nitrogens with two attached hydrogens (primary N) is 1. The Morgan fingerprint density at radius 2 is 1.67 bits per heavy atom. The lowest BCUT2D eigenvalue weighted by molar-refractivity contribution is 0.146. The second-order valence-corrected chi connectivity index (χ2v) is 1.82. The molecule has 0 atom stereocenters. The molecule has 0 aliphatic rings. The molecule has 0 unspecified atom stereocenters. The average Bonchev–Trinajstić information content (AvgIpc) is 2.08. The van der Waals surface area contributed by atoms with Crippen molar-refractivity contribution in [3.05, 3.63) is 35.6 Å². The van der Waals surface area contributed by atoms with E-state index in [0.29, 0.717) is 0 Å². The minimum atomic E-state index is -2.72. The molecule has 1 rings (SSSR count). The van der Waals surface area contributed by atoms with E-state index in [0.717, 1.165) is 12.1 Å². The molecular formula is C8H10F3N. The van der Waals surface area contributed by atoms with Gasteiger partial charge in [0.15, 0.2) is 0 Å². The van der Waals surface area contributed by atoms with Crippen LogP contribution in [0.4, 0.5) is 13.2 Å². The number of benzene rings is 1. The lowest BCUT2D eigenvalue weighted by Crippen LogP contribution is -1.87. The normalized spacial score (nSPS) is 9.17. The van der Waals surface area contributed by atoms with Crippen LogP contribution in [0.2, 0.25) is 0 Å². The quantitative estimate of drug-likeness (QED) is 0.700. The Hall–Kier alpha value is -1.03. The van der Waals surface area contributed by atoms with Gasteiger partial charge in [0, 0.05) is 0 Å². The van der Waals surface area contributed by atoms with E-state index < -0.39 is 17.8 Å². The molecule has 2 N–H and O–H groups in total. The Balaban J connectivity index is 0.000000561. The van der Waals surface area contributed by atoms with E-state index in [9.17, 15) is 13.2 Å². The lowest BCUT2D eigenvalue weighted by atomic mass is 10.2. The van der Waals surface area contributed by atoms with E-state index in [1.807, 2.05) is 0 Å². The first-order valence-corrected chi connectivity index (χ1v) is 3.32. The molecule has 0 radical (unpaired) electrons. The van der Waals surface area contributed by atoms with Gasteiger partial charge in [-0.15, -0.1) is 0 Å². The van der Waals surface area contributed by atoms with Gasteiger partial charge < -0.3 is 5.73 Å². The zero-order chi connectivity index (χ0) is 9.56. The minimum absolute atomic E-state index is 0.539. The Kier molecular flexibility index (Phi) is 5.12. The predicted molar refractivity (Wildman–Crippen MR) is 41.5 cm³/mol. The summed E-state index contributed by atoms with van der Waals surface area (Å²) >= 11 is 0. The Morgan fingerprint density at radius 1 is 1.17 bits per heavy atom. The summed E-state index contributed by atoms with van der Waals surface area (Å²) in [5.41, 5.74) is 3.96. The zero-order valence-electron chi connectivity index (χ0n) is 6.60. The molecule has 4 heteroatoms. The molecule has 0 aliphatic carbocycles. The van der Waals surface area contributed by atoms with Gasteiger partial charge >= 0.3 is 0 Å². The maximum absolute atomic E-state index is 12.4. The number of hydrogen-bond donors (Lipinski definition) is 1. The Bertz CT molecular complexity index is 225. The molecule has 0 fully saturated rings. The maximum atomic E-state index is 12.4. The van der Waals surface area contributed by atoms with Crippen LogP contribution in [-0.2, 0) is 0 Å². The van der Waals surface area contributed by atoms with Crippen molar-refractivity contribution in [3.8, 4) is 0 Å². The minimum Gasteiger partial charge on any atom is -0.333 e. The Labute approximate surface area is 69.0 Å². The molecule has 12 heavy (non-hydrogen) atoms. The first kappa shape index (κ1) is 11.0. The van der Waals surface area contributed by atoms with Gasteiger partial charge in [-0.1, -0.05) is 18.2 Å². The third-order valence-corrected chi connectivity index (χ3v) is 1.14. The summed E-state index contributed by atoms with van der Waals surface area (Å²) in [4.78, 5) is 0. The van der Waals surface area contributed by atoms with E-state index >= 15 is 0 Å². The third-order valence-electron chi connectivity index (χ3n) is 1.14. The summed E-state index contributed by atoms with van der Waals surface area (Å²) in [7, 11) is 1.50. The second kappa shape index (κ2) is 5.60. The molecule has 0 bridgehead atoms. The molecule has 0 aromatic heterocycles. The van der Waals surface area contributed by atoms with Crippen LogP contribution in [0, 0.1) is 5.82 Å². The molecular weight excluding hydrogens is 167 g/mol. The molecule has 1 aromatic rings. The molecule has 0 spiro atoms. The van der Waals surface area contributed by atoms with Gasteiger partial charge in [0.2, 0.25) is 0 Å².